The maximum Gasteiger partial charge on any atom is 0.263 e. The Morgan fingerprint density at radius 3 is 2.59 bits per heavy atom. The first kappa shape index (κ1) is 19.9. The number of hydrogen-bond acceptors (Lipinski definition) is 5. The SMILES string of the molecule is COc1ccc2cc(CNC(=O)c3sccc3S(=O)(=O)N3CCCC3)ccc2c1. The van der Waals surface area contributed by atoms with E-state index in [1.807, 2.05) is 36.4 Å². The smallest absolute Gasteiger partial charge is 0.263 e. The van der Waals surface area contributed by atoms with Gasteiger partial charge in [-0.2, -0.15) is 4.31 Å². The van der Waals surface area contributed by atoms with Gasteiger partial charge in [-0.1, -0.05) is 18.2 Å². The molecule has 6 nitrogen and oxygen atoms in total. The van der Waals surface area contributed by atoms with Crippen LogP contribution >= 0.6 is 11.3 Å². The van der Waals surface area contributed by atoms with Crippen molar-refractivity contribution in [2.45, 2.75) is 24.3 Å². The molecule has 0 bridgehead atoms. The molecule has 0 atom stereocenters. The van der Waals surface area contributed by atoms with Crippen LogP contribution in [0, 0.1) is 0 Å². The molecule has 0 aliphatic carbocycles. The summed E-state index contributed by atoms with van der Waals surface area (Å²) in [6.07, 6.45) is 1.72. The number of amides is 1. The fourth-order valence-corrected chi connectivity index (χ4v) is 6.34. The summed E-state index contributed by atoms with van der Waals surface area (Å²) in [6.45, 7) is 1.35. The van der Waals surface area contributed by atoms with E-state index in [2.05, 4.69) is 5.32 Å². The third-order valence-corrected chi connectivity index (χ3v) is 8.07. The molecule has 1 N–H and O–H groups in total. The number of carbonyl (C=O) groups excluding carboxylic acids is 1. The number of benzene rings is 2. The van der Waals surface area contributed by atoms with Crippen molar-refractivity contribution in [2.24, 2.45) is 0 Å². The summed E-state index contributed by atoms with van der Waals surface area (Å²) in [5, 5.41) is 6.61. The second-order valence-electron chi connectivity index (χ2n) is 6.96. The Morgan fingerprint density at radius 1 is 1.10 bits per heavy atom. The number of sulfonamides is 1. The zero-order valence-electron chi connectivity index (χ0n) is 16.1. The molecule has 1 aliphatic rings. The van der Waals surface area contributed by atoms with Crippen molar-refractivity contribution in [3.05, 3.63) is 58.3 Å². The highest BCUT2D eigenvalue weighted by Gasteiger charge is 2.31. The molecule has 2 aromatic carbocycles. The third kappa shape index (κ3) is 4.01. The van der Waals surface area contributed by atoms with Crippen molar-refractivity contribution >= 4 is 38.0 Å². The topological polar surface area (TPSA) is 75.7 Å². The molecule has 4 rings (SSSR count). The number of thiophene rings is 1. The molecule has 0 unspecified atom stereocenters. The molecular formula is C21H22N2O4S2. The minimum absolute atomic E-state index is 0.104. The minimum atomic E-state index is -3.62. The predicted molar refractivity (Wildman–Crippen MR) is 114 cm³/mol. The quantitative estimate of drug-likeness (QED) is 0.648. The van der Waals surface area contributed by atoms with Gasteiger partial charge in [0, 0.05) is 19.6 Å². The molecule has 0 radical (unpaired) electrons. The van der Waals surface area contributed by atoms with Crippen LogP contribution in [0.25, 0.3) is 10.8 Å². The number of rotatable bonds is 6. The number of hydrogen-bond donors (Lipinski definition) is 1. The van der Waals surface area contributed by atoms with Crippen molar-refractivity contribution in [2.75, 3.05) is 20.2 Å². The minimum Gasteiger partial charge on any atom is -0.497 e. The first-order chi connectivity index (χ1) is 14.0. The first-order valence-corrected chi connectivity index (χ1v) is 11.7. The zero-order chi connectivity index (χ0) is 20.4. The molecule has 1 fully saturated rings. The van der Waals surface area contributed by atoms with Gasteiger partial charge in [0.15, 0.2) is 0 Å². The van der Waals surface area contributed by atoms with Crippen LogP contribution in [0.3, 0.4) is 0 Å². The van der Waals surface area contributed by atoms with Gasteiger partial charge in [-0.25, -0.2) is 8.42 Å². The van der Waals surface area contributed by atoms with E-state index in [0.29, 0.717) is 19.6 Å². The van der Waals surface area contributed by atoms with Crippen LogP contribution in [0.5, 0.6) is 5.75 Å². The van der Waals surface area contributed by atoms with Crippen LogP contribution in [0.1, 0.15) is 28.1 Å². The van der Waals surface area contributed by atoms with Crippen molar-refractivity contribution in [1.29, 1.82) is 0 Å². The number of carbonyl (C=O) groups is 1. The summed E-state index contributed by atoms with van der Waals surface area (Å²) in [4.78, 5) is 13.1. The predicted octanol–water partition coefficient (Wildman–Crippen LogP) is 3.62. The van der Waals surface area contributed by atoms with E-state index in [0.717, 1.165) is 46.3 Å². The summed E-state index contributed by atoms with van der Waals surface area (Å²) >= 11 is 1.15. The molecule has 3 aromatic rings. The fraction of sp³-hybridized carbons (Fsp3) is 0.286. The molecule has 0 spiro atoms. The average molecular weight is 431 g/mol. The first-order valence-electron chi connectivity index (χ1n) is 9.41. The van der Waals surface area contributed by atoms with E-state index in [1.54, 1.807) is 12.5 Å². The van der Waals surface area contributed by atoms with Crippen LogP contribution < -0.4 is 10.1 Å². The van der Waals surface area contributed by atoms with Crippen LogP contribution in [0.2, 0.25) is 0 Å². The largest absolute Gasteiger partial charge is 0.497 e. The van der Waals surface area contributed by atoms with Crippen molar-refractivity contribution in [3.63, 3.8) is 0 Å². The van der Waals surface area contributed by atoms with Crippen LogP contribution in [0.15, 0.2) is 52.7 Å². The Kier molecular flexibility index (Phi) is 5.58. The number of fused-ring (bicyclic) bond motifs is 1. The van der Waals surface area contributed by atoms with E-state index >= 15 is 0 Å². The lowest BCUT2D eigenvalue weighted by Gasteiger charge is -2.15. The monoisotopic (exact) mass is 430 g/mol. The lowest BCUT2D eigenvalue weighted by molar-refractivity contribution is 0.0952. The Balaban J connectivity index is 1.49. The maximum absolute atomic E-state index is 12.8. The number of methoxy groups -OCH3 is 1. The Hall–Kier alpha value is -2.42. The van der Waals surface area contributed by atoms with Crippen molar-refractivity contribution < 1.29 is 17.9 Å². The highest BCUT2D eigenvalue weighted by Crippen LogP contribution is 2.28. The highest BCUT2D eigenvalue weighted by atomic mass is 32.2. The van der Waals surface area contributed by atoms with Gasteiger partial charge in [0.1, 0.15) is 15.5 Å². The molecular weight excluding hydrogens is 408 g/mol. The lowest BCUT2D eigenvalue weighted by atomic mass is 10.1. The van der Waals surface area contributed by atoms with Crippen LogP contribution in [-0.2, 0) is 16.6 Å². The Bertz CT molecular complexity index is 1150. The molecule has 29 heavy (non-hydrogen) atoms. The molecule has 1 aliphatic heterocycles. The number of nitrogens with one attached hydrogen (secondary N) is 1. The third-order valence-electron chi connectivity index (χ3n) is 5.08. The summed E-state index contributed by atoms with van der Waals surface area (Å²) < 4.78 is 32.4. The Morgan fingerprint density at radius 2 is 1.83 bits per heavy atom. The molecule has 1 aromatic heterocycles. The molecule has 1 saturated heterocycles. The molecule has 2 heterocycles. The standard InChI is InChI=1S/C21H22N2O4S2/c1-27-18-7-6-16-12-15(4-5-17(16)13-18)14-22-21(24)20-19(8-11-28-20)29(25,26)23-9-2-3-10-23/h4-8,11-13H,2-3,9-10,14H2,1H3,(H,22,24). The lowest BCUT2D eigenvalue weighted by Crippen LogP contribution is -2.30. The van der Waals surface area contributed by atoms with E-state index in [1.165, 1.54) is 10.4 Å². The number of nitrogens with zero attached hydrogens (tertiary/aromatic N) is 1. The average Bonchev–Trinajstić information content (AvgIpc) is 3.44. The summed E-state index contributed by atoms with van der Waals surface area (Å²) in [5.74, 6) is 0.426. The van der Waals surface area contributed by atoms with E-state index in [-0.39, 0.29) is 15.7 Å². The summed E-state index contributed by atoms with van der Waals surface area (Å²) in [5.41, 5.74) is 0.941. The van der Waals surface area contributed by atoms with Crippen LogP contribution in [-0.4, -0.2) is 38.8 Å². The zero-order valence-corrected chi connectivity index (χ0v) is 17.7. The summed E-state index contributed by atoms with van der Waals surface area (Å²) in [7, 11) is -1.99. The van der Waals surface area contributed by atoms with Crippen molar-refractivity contribution in [3.8, 4) is 5.75 Å². The molecule has 0 saturated carbocycles. The highest BCUT2D eigenvalue weighted by molar-refractivity contribution is 7.89. The summed E-state index contributed by atoms with van der Waals surface area (Å²) in [6, 6.07) is 13.3. The number of ether oxygens (including phenoxy) is 1. The normalized spacial score (nSPS) is 14.9. The van der Waals surface area contributed by atoms with Crippen LogP contribution in [0.4, 0.5) is 0 Å². The maximum atomic E-state index is 12.8. The van der Waals surface area contributed by atoms with Gasteiger partial charge in [-0.05, 0) is 58.8 Å². The van der Waals surface area contributed by atoms with Gasteiger partial charge in [-0.3, -0.25) is 4.79 Å². The van der Waals surface area contributed by atoms with E-state index in [4.69, 9.17) is 4.74 Å². The van der Waals surface area contributed by atoms with Gasteiger partial charge in [0.25, 0.3) is 5.91 Å². The van der Waals surface area contributed by atoms with Gasteiger partial charge in [0.2, 0.25) is 10.0 Å². The van der Waals surface area contributed by atoms with Gasteiger partial charge in [0.05, 0.1) is 7.11 Å². The fourth-order valence-electron chi connectivity index (χ4n) is 3.51. The second kappa shape index (κ2) is 8.14. The van der Waals surface area contributed by atoms with Gasteiger partial charge >= 0.3 is 0 Å². The van der Waals surface area contributed by atoms with Gasteiger partial charge in [-0.15, -0.1) is 11.3 Å². The van der Waals surface area contributed by atoms with E-state index < -0.39 is 10.0 Å². The molecule has 152 valence electrons. The van der Waals surface area contributed by atoms with E-state index in [9.17, 15) is 13.2 Å². The molecule has 8 heteroatoms. The van der Waals surface area contributed by atoms with Gasteiger partial charge < -0.3 is 10.1 Å². The Labute approximate surface area is 174 Å². The second-order valence-corrected chi connectivity index (χ2v) is 9.78. The van der Waals surface area contributed by atoms with Crippen molar-refractivity contribution in [1.82, 2.24) is 9.62 Å². The molecule has 1 amide bonds.